The molecule has 2 nitrogen and oxygen atoms in total. The summed E-state index contributed by atoms with van der Waals surface area (Å²) in [5.41, 5.74) is 7.85. The van der Waals surface area contributed by atoms with Crippen molar-refractivity contribution in [3.8, 4) is 6.07 Å². The Hall–Kier alpha value is -1.04. The van der Waals surface area contributed by atoms with Crippen LogP contribution in [0.25, 0.3) is 0 Å². The number of nitrogens with zero attached hydrogens (tertiary/aromatic N) is 1. The summed E-state index contributed by atoms with van der Waals surface area (Å²) in [5.74, 6) is 0.829. The Bertz CT molecular complexity index is 366. The van der Waals surface area contributed by atoms with Crippen LogP contribution in [0.2, 0.25) is 0 Å². The molecule has 0 spiro atoms. The molecule has 1 aromatic carbocycles. The molecule has 80 valence electrons. The Morgan fingerprint density at radius 3 is 2.80 bits per heavy atom. The third-order valence-corrected chi connectivity index (χ3v) is 2.73. The Labute approximate surface area is 96.5 Å². The second-order valence-corrected chi connectivity index (χ2v) is 4.02. The summed E-state index contributed by atoms with van der Waals surface area (Å²) in [6.07, 6.45) is 3.71. The van der Waals surface area contributed by atoms with Gasteiger partial charge < -0.3 is 5.73 Å². The van der Waals surface area contributed by atoms with Gasteiger partial charge in [-0.2, -0.15) is 5.26 Å². The molecule has 1 aromatic rings. The van der Waals surface area contributed by atoms with Gasteiger partial charge in [0.05, 0.1) is 11.6 Å². The Morgan fingerprint density at radius 1 is 1.47 bits per heavy atom. The van der Waals surface area contributed by atoms with Crippen molar-refractivity contribution in [2.45, 2.75) is 25.3 Å². The Kier molecular flexibility index (Phi) is 4.14. The van der Waals surface area contributed by atoms with Crippen molar-refractivity contribution in [1.82, 2.24) is 0 Å². The van der Waals surface area contributed by atoms with Crippen LogP contribution in [0.3, 0.4) is 0 Å². The van der Waals surface area contributed by atoms with E-state index in [-0.39, 0.29) is 18.4 Å². The average Bonchev–Trinajstić information content (AvgIpc) is 3.02. The van der Waals surface area contributed by atoms with Gasteiger partial charge in [-0.15, -0.1) is 12.4 Å². The maximum absolute atomic E-state index is 8.75. The highest BCUT2D eigenvalue weighted by Crippen LogP contribution is 2.36. The second-order valence-electron chi connectivity index (χ2n) is 4.02. The molecule has 1 saturated carbocycles. The first-order chi connectivity index (χ1) is 6.79. The Balaban J connectivity index is 0.00000112. The van der Waals surface area contributed by atoms with Gasteiger partial charge >= 0.3 is 0 Å². The summed E-state index contributed by atoms with van der Waals surface area (Å²) >= 11 is 0. The van der Waals surface area contributed by atoms with Gasteiger partial charge in [-0.1, -0.05) is 25.0 Å². The van der Waals surface area contributed by atoms with Crippen LogP contribution < -0.4 is 5.73 Å². The molecule has 2 N–H and O–H groups in total. The fraction of sp³-hybridized carbons (Fsp3) is 0.417. The lowest BCUT2D eigenvalue weighted by molar-refractivity contribution is 0.597. The van der Waals surface area contributed by atoms with Gasteiger partial charge in [-0.3, -0.25) is 0 Å². The predicted octanol–water partition coefficient (Wildman–Crippen LogP) is 2.78. The van der Waals surface area contributed by atoms with Crippen LogP contribution in [0.5, 0.6) is 0 Å². The molecular weight excluding hydrogens is 208 g/mol. The highest BCUT2D eigenvalue weighted by Gasteiger charge is 2.24. The second kappa shape index (κ2) is 5.16. The van der Waals surface area contributed by atoms with Gasteiger partial charge in [-0.05, 0) is 30.0 Å². The molecule has 0 unspecified atom stereocenters. The first-order valence-corrected chi connectivity index (χ1v) is 5.05. The summed E-state index contributed by atoms with van der Waals surface area (Å²) in [6, 6.07) is 9.86. The lowest BCUT2D eigenvalue weighted by Crippen LogP contribution is -2.10. The number of hydrogen-bond donors (Lipinski definition) is 1. The van der Waals surface area contributed by atoms with Crippen LogP contribution in [0.15, 0.2) is 24.3 Å². The van der Waals surface area contributed by atoms with E-state index < -0.39 is 0 Å². The first kappa shape index (κ1) is 12.0. The van der Waals surface area contributed by atoms with Crippen LogP contribution in [-0.2, 0) is 0 Å². The highest BCUT2D eigenvalue weighted by molar-refractivity contribution is 5.85. The molecule has 0 aliphatic heterocycles. The van der Waals surface area contributed by atoms with Crippen molar-refractivity contribution < 1.29 is 0 Å². The molecule has 2 rings (SSSR count). The molecule has 1 aliphatic carbocycles. The summed E-state index contributed by atoms with van der Waals surface area (Å²) < 4.78 is 0. The Morgan fingerprint density at radius 2 is 2.20 bits per heavy atom. The van der Waals surface area contributed by atoms with Gasteiger partial charge in [0.25, 0.3) is 0 Å². The van der Waals surface area contributed by atoms with E-state index in [9.17, 15) is 0 Å². The van der Waals surface area contributed by atoms with E-state index in [1.54, 1.807) is 0 Å². The quantitative estimate of drug-likeness (QED) is 0.855. The minimum atomic E-state index is 0. The van der Waals surface area contributed by atoms with Gasteiger partial charge in [0, 0.05) is 6.04 Å². The van der Waals surface area contributed by atoms with Crippen molar-refractivity contribution in [3.63, 3.8) is 0 Å². The van der Waals surface area contributed by atoms with Crippen molar-refractivity contribution in [1.29, 1.82) is 5.26 Å². The molecule has 3 heteroatoms. The molecule has 1 fully saturated rings. The minimum Gasteiger partial charge on any atom is -0.324 e. The van der Waals surface area contributed by atoms with E-state index in [2.05, 4.69) is 6.07 Å². The molecule has 0 saturated heterocycles. The monoisotopic (exact) mass is 222 g/mol. The molecule has 0 amide bonds. The molecule has 0 aromatic heterocycles. The summed E-state index contributed by atoms with van der Waals surface area (Å²) in [5, 5.41) is 8.75. The van der Waals surface area contributed by atoms with Crippen molar-refractivity contribution >= 4 is 12.4 Å². The van der Waals surface area contributed by atoms with Crippen LogP contribution in [-0.4, -0.2) is 0 Å². The third-order valence-electron chi connectivity index (χ3n) is 2.73. The van der Waals surface area contributed by atoms with Crippen LogP contribution in [0, 0.1) is 17.2 Å². The van der Waals surface area contributed by atoms with Crippen molar-refractivity contribution in [2.75, 3.05) is 0 Å². The van der Waals surface area contributed by atoms with Gasteiger partial charge in [0.15, 0.2) is 0 Å². The zero-order valence-corrected chi connectivity index (χ0v) is 9.33. The summed E-state index contributed by atoms with van der Waals surface area (Å²) in [7, 11) is 0. The minimum absolute atomic E-state index is 0. The zero-order valence-electron chi connectivity index (χ0n) is 8.52. The average molecular weight is 223 g/mol. The van der Waals surface area contributed by atoms with Gasteiger partial charge in [0.1, 0.15) is 0 Å². The maximum Gasteiger partial charge on any atom is 0.0991 e. The van der Waals surface area contributed by atoms with Crippen LogP contribution in [0.1, 0.15) is 36.4 Å². The smallest absolute Gasteiger partial charge is 0.0991 e. The molecule has 0 radical (unpaired) electrons. The third kappa shape index (κ3) is 3.23. The molecule has 1 aliphatic rings. The number of nitrogens with two attached hydrogens (primary N) is 1. The number of benzene rings is 1. The van der Waals surface area contributed by atoms with Gasteiger partial charge in [0.2, 0.25) is 0 Å². The summed E-state index contributed by atoms with van der Waals surface area (Å²) in [4.78, 5) is 0. The lowest BCUT2D eigenvalue weighted by atomic mass is 10.0. The number of nitriles is 1. The van der Waals surface area contributed by atoms with Crippen LogP contribution in [0.4, 0.5) is 0 Å². The lowest BCUT2D eigenvalue weighted by Gasteiger charge is -2.11. The van der Waals surface area contributed by atoms with E-state index in [0.29, 0.717) is 5.56 Å². The number of hydrogen-bond acceptors (Lipinski definition) is 2. The molecule has 0 bridgehead atoms. The normalized spacial score (nSPS) is 16.3. The van der Waals surface area contributed by atoms with Gasteiger partial charge in [-0.25, -0.2) is 0 Å². The fourth-order valence-corrected chi connectivity index (χ4v) is 1.69. The standard InChI is InChI=1S/C12H14N2.ClH/c13-8-10-2-1-3-11(6-10)12(14)7-9-4-5-9;/h1-3,6,9,12H,4-5,7,14H2;1H/t12-;/m1./s1. The van der Waals surface area contributed by atoms with E-state index in [1.807, 2.05) is 24.3 Å². The SMILES string of the molecule is Cl.N#Cc1cccc([C@H](N)CC2CC2)c1. The maximum atomic E-state index is 8.75. The van der Waals surface area contributed by atoms with E-state index in [0.717, 1.165) is 17.9 Å². The zero-order chi connectivity index (χ0) is 9.97. The fourth-order valence-electron chi connectivity index (χ4n) is 1.69. The first-order valence-electron chi connectivity index (χ1n) is 5.05. The van der Waals surface area contributed by atoms with E-state index >= 15 is 0 Å². The molecule has 0 heterocycles. The number of rotatable bonds is 3. The van der Waals surface area contributed by atoms with E-state index in [1.165, 1.54) is 12.8 Å². The molecule has 1 atom stereocenters. The number of halogens is 1. The molecular formula is C12H15ClN2. The predicted molar refractivity (Wildman–Crippen MR) is 62.7 cm³/mol. The van der Waals surface area contributed by atoms with Crippen molar-refractivity contribution in [2.24, 2.45) is 11.7 Å². The molecule has 15 heavy (non-hydrogen) atoms. The summed E-state index contributed by atoms with van der Waals surface area (Å²) in [6.45, 7) is 0. The topological polar surface area (TPSA) is 49.8 Å². The van der Waals surface area contributed by atoms with Crippen LogP contribution >= 0.6 is 12.4 Å². The van der Waals surface area contributed by atoms with Crippen molar-refractivity contribution in [3.05, 3.63) is 35.4 Å². The highest BCUT2D eigenvalue weighted by atomic mass is 35.5. The largest absolute Gasteiger partial charge is 0.324 e. The van der Waals surface area contributed by atoms with E-state index in [4.69, 9.17) is 11.0 Å².